The second-order valence-corrected chi connectivity index (χ2v) is 13.3. The van der Waals surface area contributed by atoms with Gasteiger partial charge in [0.25, 0.3) is 26.1 Å². The van der Waals surface area contributed by atoms with Crippen molar-refractivity contribution in [3.63, 3.8) is 0 Å². The lowest BCUT2D eigenvalue weighted by atomic mass is 10.1. The molecule has 256 valence electrons. The van der Waals surface area contributed by atoms with Crippen molar-refractivity contribution >= 4 is 78.3 Å². The van der Waals surface area contributed by atoms with Gasteiger partial charge in [0, 0.05) is 10.9 Å². The van der Waals surface area contributed by atoms with Crippen LogP contribution in [0.1, 0.15) is 22.3 Å². The van der Waals surface area contributed by atoms with Crippen LogP contribution in [0, 0.1) is 0 Å². The van der Waals surface area contributed by atoms with E-state index < -0.39 is 47.4 Å². The van der Waals surface area contributed by atoms with Crippen molar-refractivity contribution in [3.05, 3.63) is 77.9 Å². The number of phenols is 1. The molecule has 18 nitrogen and oxygen atoms in total. The molecule has 4 aromatic rings. The van der Waals surface area contributed by atoms with Crippen LogP contribution in [0.3, 0.4) is 0 Å². The van der Waals surface area contributed by atoms with E-state index in [0.717, 1.165) is 18.2 Å². The molecule has 0 unspecified atom stereocenters. The number of anilines is 1. The number of nitrogens with one attached hydrogen (secondary N) is 1. The molecular formula is C26H23N3O15S4. The minimum Gasteiger partial charge on any atom is -0.505 e. The van der Waals surface area contributed by atoms with Gasteiger partial charge < -0.3 is 10.4 Å². The van der Waals surface area contributed by atoms with Crippen LogP contribution in [0.2, 0.25) is 0 Å². The predicted octanol–water partition coefficient (Wildman–Crippen LogP) is 6.07. The zero-order chi connectivity index (χ0) is 34.9. The number of aromatic hydroxyl groups is 1. The standard InChI is InChI=1S/C26H23N3O15S4/c30-25-23-17(12-18(47(34,35)36)14-20(23)27-26(31)16-6-2-1-3-7-16)13-21(45-43-41-32)24(25)29-28-19-9-8-15(11-22(19)48(37,38)39)5-4-10-40-46-44-42-33/h1-3,6-9,11-14,30,32-33H,4-5,10H2,(H,27,31)(H,34,35,36)(H,37,38,39)/b29-28+. The van der Waals surface area contributed by atoms with Crippen molar-refractivity contribution < 1.29 is 69.3 Å². The third-order valence-electron chi connectivity index (χ3n) is 6.22. The minimum absolute atomic E-state index is 0.0743. The Kier molecular flexibility index (Phi) is 12.8. The van der Waals surface area contributed by atoms with Gasteiger partial charge in [-0.25, -0.2) is 10.5 Å². The first-order valence-electron chi connectivity index (χ1n) is 12.9. The maximum Gasteiger partial charge on any atom is 0.296 e. The Hall–Kier alpha value is -3.75. The van der Waals surface area contributed by atoms with Gasteiger partial charge >= 0.3 is 0 Å². The van der Waals surface area contributed by atoms with Crippen molar-refractivity contribution in [2.24, 2.45) is 10.2 Å². The van der Waals surface area contributed by atoms with Crippen molar-refractivity contribution in [1.82, 2.24) is 0 Å². The third-order valence-corrected chi connectivity index (χ3v) is 8.93. The van der Waals surface area contributed by atoms with E-state index in [4.69, 9.17) is 14.7 Å². The summed E-state index contributed by atoms with van der Waals surface area (Å²) in [7, 11) is -9.70. The summed E-state index contributed by atoms with van der Waals surface area (Å²) in [5, 5.41) is 45.3. The number of hydrogen-bond acceptors (Lipinski definition) is 17. The van der Waals surface area contributed by atoms with Crippen LogP contribution in [-0.4, -0.2) is 54.1 Å². The summed E-state index contributed by atoms with van der Waals surface area (Å²) >= 11 is 0.640. The number of carbonyl (C=O) groups is 1. The Morgan fingerprint density at radius 3 is 2.27 bits per heavy atom. The molecule has 48 heavy (non-hydrogen) atoms. The highest BCUT2D eigenvalue weighted by Gasteiger charge is 2.23. The molecule has 0 saturated heterocycles. The van der Waals surface area contributed by atoms with E-state index in [9.17, 15) is 35.8 Å². The van der Waals surface area contributed by atoms with Crippen LogP contribution >= 0.6 is 24.4 Å². The van der Waals surface area contributed by atoms with E-state index in [-0.39, 0.29) is 57.7 Å². The zero-order valence-electron chi connectivity index (χ0n) is 23.8. The van der Waals surface area contributed by atoms with Crippen LogP contribution in [0.4, 0.5) is 17.1 Å². The van der Waals surface area contributed by atoms with Gasteiger partial charge in [-0.2, -0.15) is 16.8 Å². The lowest BCUT2D eigenvalue weighted by Gasteiger charge is -2.15. The Morgan fingerprint density at radius 2 is 1.60 bits per heavy atom. The van der Waals surface area contributed by atoms with Gasteiger partial charge in [-0.15, -0.1) is 18.9 Å². The van der Waals surface area contributed by atoms with Crippen molar-refractivity contribution in [3.8, 4) is 5.75 Å². The fourth-order valence-corrected chi connectivity index (χ4v) is 6.17. The molecule has 0 heterocycles. The highest BCUT2D eigenvalue weighted by Crippen LogP contribution is 2.47. The Morgan fingerprint density at radius 1 is 0.875 bits per heavy atom. The number of fused-ring (bicyclic) bond motifs is 1. The number of azo groups is 1. The first-order chi connectivity index (χ1) is 22.8. The summed E-state index contributed by atoms with van der Waals surface area (Å²) in [4.78, 5) is 11.5. The largest absolute Gasteiger partial charge is 0.505 e. The average Bonchev–Trinajstić information content (AvgIpc) is 3.04. The highest BCUT2D eigenvalue weighted by molar-refractivity contribution is 7.94. The molecule has 0 aromatic heterocycles. The molecule has 0 aliphatic rings. The van der Waals surface area contributed by atoms with Gasteiger partial charge in [0.15, 0.2) is 18.1 Å². The van der Waals surface area contributed by atoms with E-state index in [0.29, 0.717) is 24.3 Å². The quantitative estimate of drug-likeness (QED) is 0.0190. The lowest BCUT2D eigenvalue weighted by Crippen LogP contribution is -2.13. The van der Waals surface area contributed by atoms with Crippen molar-refractivity contribution in [2.45, 2.75) is 27.5 Å². The normalized spacial score (nSPS) is 12.2. The Bertz CT molecular complexity index is 2030. The summed E-state index contributed by atoms with van der Waals surface area (Å²) in [6.07, 6.45) is 0.628. The Balaban J connectivity index is 1.81. The topological polar surface area (TPSA) is 269 Å². The predicted molar refractivity (Wildman–Crippen MR) is 168 cm³/mol. The summed E-state index contributed by atoms with van der Waals surface area (Å²) in [6.45, 7) is 0.109. The summed E-state index contributed by atoms with van der Waals surface area (Å²) in [5.41, 5.74) is -0.467. The summed E-state index contributed by atoms with van der Waals surface area (Å²) in [5.74, 6) is -1.44. The van der Waals surface area contributed by atoms with Crippen LogP contribution < -0.4 is 5.32 Å². The fraction of sp³-hybridized carbons (Fsp3) is 0.115. The van der Waals surface area contributed by atoms with Gasteiger partial charge in [-0.05, 0) is 66.3 Å². The molecule has 4 rings (SSSR count). The number of hydrogen-bond donors (Lipinski definition) is 6. The molecule has 22 heteroatoms. The first kappa shape index (κ1) is 37.1. The molecule has 0 aliphatic heterocycles. The average molecular weight is 746 g/mol. The van der Waals surface area contributed by atoms with E-state index in [1.807, 2.05) is 0 Å². The molecule has 0 atom stereocenters. The van der Waals surface area contributed by atoms with E-state index >= 15 is 0 Å². The van der Waals surface area contributed by atoms with Gasteiger partial charge in [0.2, 0.25) is 0 Å². The van der Waals surface area contributed by atoms with Gasteiger partial charge in [-0.3, -0.25) is 18.1 Å². The monoisotopic (exact) mass is 745 g/mol. The van der Waals surface area contributed by atoms with Gasteiger partial charge in [0.05, 0.1) is 34.1 Å². The number of rotatable bonds is 16. The van der Waals surface area contributed by atoms with Crippen LogP contribution in [0.15, 0.2) is 91.6 Å². The van der Waals surface area contributed by atoms with E-state index in [2.05, 4.69) is 34.3 Å². The number of phenolic OH excluding ortho intramolecular Hbond substituents is 1. The number of benzene rings is 4. The second kappa shape index (κ2) is 16.6. The number of carbonyl (C=O) groups excluding carboxylic acids is 1. The van der Waals surface area contributed by atoms with Gasteiger partial charge in [0.1, 0.15) is 16.3 Å². The van der Waals surface area contributed by atoms with Crippen molar-refractivity contribution in [2.75, 3.05) is 11.9 Å². The van der Waals surface area contributed by atoms with Crippen LogP contribution in [-0.2, 0) is 49.6 Å². The minimum atomic E-state index is -4.86. The Labute approximate surface area is 280 Å². The molecule has 0 spiro atoms. The highest BCUT2D eigenvalue weighted by atomic mass is 32.2. The van der Waals surface area contributed by atoms with E-state index in [1.165, 1.54) is 30.3 Å². The molecule has 0 radical (unpaired) electrons. The molecule has 0 bridgehead atoms. The third kappa shape index (κ3) is 9.66. The second-order valence-electron chi connectivity index (χ2n) is 9.28. The smallest absolute Gasteiger partial charge is 0.296 e. The molecule has 0 aliphatic carbocycles. The first-order valence-corrected chi connectivity index (χ1v) is 17.2. The van der Waals surface area contributed by atoms with Crippen LogP contribution in [0.25, 0.3) is 10.8 Å². The fourth-order valence-electron chi connectivity index (χ4n) is 4.21. The van der Waals surface area contributed by atoms with Crippen LogP contribution in [0.5, 0.6) is 5.75 Å². The lowest BCUT2D eigenvalue weighted by molar-refractivity contribution is -0.434. The number of nitrogens with zero attached hydrogens (tertiary/aromatic N) is 2. The molecular weight excluding hydrogens is 723 g/mol. The zero-order valence-corrected chi connectivity index (χ0v) is 27.1. The maximum absolute atomic E-state index is 13.0. The molecule has 0 saturated carbocycles. The molecule has 4 aromatic carbocycles. The van der Waals surface area contributed by atoms with Crippen molar-refractivity contribution in [1.29, 1.82) is 0 Å². The number of amides is 1. The number of aryl methyl sites for hydroxylation is 1. The maximum atomic E-state index is 13.0. The summed E-state index contributed by atoms with van der Waals surface area (Å²) < 4.78 is 81.8. The molecule has 0 fully saturated rings. The van der Waals surface area contributed by atoms with E-state index in [1.54, 1.807) is 18.2 Å². The molecule has 1 amide bonds. The SMILES string of the molecule is O=C(Nc1cc(S(=O)(=O)O)cc2cc(SOOO)c(/N=N/c3ccc(CCCOSOOO)cc3S(=O)(=O)O)c(O)c12)c1ccccc1. The molecule has 6 N–H and O–H groups in total. The van der Waals surface area contributed by atoms with Gasteiger partial charge in [-0.1, -0.05) is 34.3 Å². The summed E-state index contributed by atoms with van der Waals surface area (Å²) in [6, 6.07) is 14.7.